The molecular formula is C11H22N2O3S. The highest BCUT2D eigenvalue weighted by atomic mass is 32.1. The van der Waals surface area contributed by atoms with Crippen LogP contribution in [0.3, 0.4) is 0 Å². The Balaban J connectivity index is 3.82. The van der Waals surface area contributed by atoms with Crippen LogP contribution in [0.5, 0.6) is 0 Å². The molecule has 0 heterocycles. The number of aliphatic hydroxyl groups excluding tert-OH is 1. The normalized spacial score (nSPS) is 13.0. The maximum atomic E-state index is 11.5. The van der Waals surface area contributed by atoms with E-state index in [4.69, 9.17) is 0 Å². The lowest BCUT2D eigenvalue weighted by atomic mass is 9.89. The van der Waals surface area contributed by atoms with Crippen LogP contribution in [0.15, 0.2) is 0 Å². The molecule has 0 aromatic carbocycles. The summed E-state index contributed by atoms with van der Waals surface area (Å²) in [5.74, 6) is 0.00462. The number of hydrogen-bond donors (Lipinski definition) is 4. The second-order valence-electron chi connectivity index (χ2n) is 4.88. The van der Waals surface area contributed by atoms with Crippen LogP contribution in [0.25, 0.3) is 0 Å². The van der Waals surface area contributed by atoms with Gasteiger partial charge in [0.05, 0.1) is 0 Å². The van der Waals surface area contributed by atoms with E-state index in [0.29, 0.717) is 12.3 Å². The first-order valence-electron chi connectivity index (χ1n) is 5.62. The van der Waals surface area contributed by atoms with E-state index in [0.717, 1.165) is 0 Å². The Morgan fingerprint density at radius 1 is 1.24 bits per heavy atom. The molecule has 0 aromatic rings. The molecule has 0 radical (unpaired) electrons. The SMILES string of the molecule is CC(C)(C)[C@@H](O)C(=O)NCCC(=O)NCCS. The lowest BCUT2D eigenvalue weighted by Crippen LogP contribution is -2.43. The molecule has 0 saturated heterocycles. The monoisotopic (exact) mass is 262 g/mol. The van der Waals surface area contributed by atoms with Crippen LogP contribution in [0.4, 0.5) is 0 Å². The highest BCUT2D eigenvalue weighted by molar-refractivity contribution is 7.80. The summed E-state index contributed by atoms with van der Waals surface area (Å²) in [6.45, 7) is 6.06. The summed E-state index contributed by atoms with van der Waals surface area (Å²) >= 11 is 3.96. The Kier molecular flexibility index (Phi) is 7.22. The Morgan fingerprint density at radius 2 is 1.82 bits per heavy atom. The third kappa shape index (κ3) is 7.23. The summed E-state index contributed by atoms with van der Waals surface area (Å²) in [6.07, 6.45) is -0.862. The molecule has 0 aliphatic rings. The van der Waals surface area contributed by atoms with Crippen molar-refractivity contribution in [3.05, 3.63) is 0 Å². The van der Waals surface area contributed by atoms with E-state index in [9.17, 15) is 14.7 Å². The zero-order valence-corrected chi connectivity index (χ0v) is 11.5. The number of rotatable bonds is 6. The first kappa shape index (κ1) is 16.2. The van der Waals surface area contributed by atoms with Gasteiger partial charge in [-0.3, -0.25) is 9.59 Å². The van der Waals surface area contributed by atoms with Gasteiger partial charge in [0, 0.05) is 25.3 Å². The van der Waals surface area contributed by atoms with Gasteiger partial charge in [-0.25, -0.2) is 0 Å². The maximum absolute atomic E-state index is 11.5. The van der Waals surface area contributed by atoms with Gasteiger partial charge in [0.15, 0.2) is 0 Å². The van der Waals surface area contributed by atoms with E-state index in [-0.39, 0.29) is 18.9 Å². The first-order valence-corrected chi connectivity index (χ1v) is 6.25. The molecule has 0 aliphatic carbocycles. The number of aliphatic hydroxyl groups is 1. The van der Waals surface area contributed by atoms with E-state index >= 15 is 0 Å². The molecule has 1 atom stereocenters. The molecule has 0 fully saturated rings. The van der Waals surface area contributed by atoms with E-state index < -0.39 is 17.4 Å². The molecule has 100 valence electrons. The van der Waals surface area contributed by atoms with Gasteiger partial charge < -0.3 is 15.7 Å². The van der Waals surface area contributed by atoms with Gasteiger partial charge in [0.2, 0.25) is 11.8 Å². The van der Waals surface area contributed by atoms with Gasteiger partial charge in [0.1, 0.15) is 6.10 Å². The predicted molar refractivity (Wildman–Crippen MR) is 70.0 cm³/mol. The topological polar surface area (TPSA) is 78.4 Å². The molecule has 0 bridgehead atoms. The van der Waals surface area contributed by atoms with E-state index in [1.54, 1.807) is 20.8 Å². The highest BCUT2D eigenvalue weighted by Crippen LogP contribution is 2.18. The molecule has 0 unspecified atom stereocenters. The average Bonchev–Trinajstić information content (AvgIpc) is 2.23. The fourth-order valence-electron chi connectivity index (χ4n) is 1.07. The standard InChI is InChI=1S/C11H22N2O3S/c1-11(2,3)9(15)10(16)13-5-4-8(14)12-6-7-17/h9,15,17H,4-7H2,1-3H3,(H,12,14)(H,13,16)/t9-/m0/s1. The van der Waals surface area contributed by atoms with Crippen LogP contribution in [-0.4, -0.2) is 41.9 Å². The van der Waals surface area contributed by atoms with E-state index in [1.165, 1.54) is 0 Å². The van der Waals surface area contributed by atoms with Gasteiger partial charge in [-0.1, -0.05) is 20.8 Å². The number of carbonyl (C=O) groups excluding carboxylic acids is 2. The molecule has 0 saturated carbocycles. The molecule has 6 heteroatoms. The summed E-state index contributed by atoms with van der Waals surface area (Å²) in [7, 11) is 0. The van der Waals surface area contributed by atoms with Crippen molar-refractivity contribution in [1.29, 1.82) is 0 Å². The van der Waals surface area contributed by atoms with Crippen molar-refractivity contribution in [3.8, 4) is 0 Å². The maximum Gasteiger partial charge on any atom is 0.249 e. The largest absolute Gasteiger partial charge is 0.383 e. The van der Waals surface area contributed by atoms with Crippen LogP contribution in [0.2, 0.25) is 0 Å². The summed E-state index contributed by atoms with van der Waals surface area (Å²) in [4.78, 5) is 22.7. The van der Waals surface area contributed by atoms with Crippen LogP contribution in [-0.2, 0) is 9.59 Å². The lowest BCUT2D eigenvalue weighted by Gasteiger charge is -2.24. The molecule has 3 N–H and O–H groups in total. The minimum Gasteiger partial charge on any atom is -0.383 e. The third-order valence-electron chi connectivity index (χ3n) is 2.15. The Morgan fingerprint density at radius 3 is 2.29 bits per heavy atom. The molecular weight excluding hydrogens is 240 g/mol. The Hall–Kier alpha value is -0.750. The van der Waals surface area contributed by atoms with Crippen molar-refractivity contribution in [2.24, 2.45) is 5.41 Å². The molecule has 0 aromatic heterocycles. The van der Waals surface area contributed by atoms with Crippen molar-refractivity contribution in [2.75, 3.05) is 18.8 Å². The number of carbonyl (C=O) groups is 2. The zero-order valence-electron chi connectivity index (χ0n) is 10.6. The Labute approximate surface area is 108 Å². The van der Waals surface area contributed by atoms with Gasteiger partial charge >= 0.3 is 0 Å². The Bertz CT molecular complexity index is 264. The smallest absolute Gasteiger partial charge is 0.249 e. The summed E-state index contributed by atoms with van der Waals surface area (Å²) in [5.41, 5.74) is -0.502. The number of amides is 2. The predicted octanol–water partition coefficient (Wildman–Crippen LogP) is -0.0543. The summed E-state index contributed by atoms with van der Waals surface area (Å²) in [6, 6.07) is 0. The van der Waals surface area contributed by atoms with Crippen molar-refractivity contribution in [1.82, 2.24) is 10.6 Å². The molecule has 0 aliphatic heterocycles. The van der Waals surface area contributed by atoms with Crippen molar-refractivity contribution >= 4 is 24.4 Å². The van der Waals surface area contributed by atoms with Crippen LogP contribution in [0.1, 0.15) is 27.2 Å². The quantitative estimate of drug-likeness (QED) is 0.507. The summed E-state index contributed by atoms with van der Waals surface area (Å²) < 4.78 is 0. The van der Waals surface area contributed by atoms with Crippen LogP contribution in [0, 0.1) is 5.41 Å². The minimum atomic E-state index is -1.07. The minimum absolute atomic E-state index is 0.135. The van der Waals surface area contributed by atoms with Crippen LogP contribution >= 0.6 is 12.6 Å². The average molecular weight is 262 g/mol. The fourth-order valence-corrected chi connectivity index (χ4v) is 1.18. The van der Waals surface area contributed by atoms with Crippen LogP contribution < -0.4 is 10.6 Å². The van der Waals surface area contributed by atoms with E-state index in [2.05, 4.69) is 23.3 Å². The first-order chi connectivity index (χ1) is 7.79. The van der Waals surface area contributed by atoms with Crippen molar-refractivity contribution < 1.29 is 14.7 Å². The molecule has 5 nitrogen and oxygen atoms in total. The lowest BCUT2D eigenvalue weighted by molar-refractivity contribution is -0.134. The molecule has 0 spiro atoms. The zero-order chi connectivity index (χ0) is 13.5. The number of hydrogen-bond acceptors (Lipinski definition) is 4. The highest BCUT2D eigenvalue weighted by Gasteiger charge is 2.28. The van der Waals surface area contributed by atoms with Gasteiger partial charge in [-0.15, -0.1) is 0 Å². The second kappa shape index (κ2) is 7.55. The van der Waals surface area contributed by atoms with Crippen molar-refractivity contribution in [3.63, 3.8) is 0 Å². The number of nitrogens with one attached hydrogen (secondary N) is 2. The fraction of sp³-hybridized carbons (Fsp3) is 0.818. The van der Waals surface area contributed by atoms with Crippen molar-refractivity contribution in [2.45, 2.75) is 33.3 Å². The third-order valence-corrected chi connectivity index (χ3v) is 2.38. The van der Waals surface area contributed by atoms with E-state index in [1.807, 2.05) is 0 Å². The summed E-state index contributed by atoms with van der Waals surface area (Å²) in [5, 5.41) is 14.8. The molecule has 17 heavy (non-hydrogen) atoms. The second-order valence-corrected chi connectivity index (χ2v) is 5.33. The molecule has 0 rings (SSSR count). The van der Waals surface area contributed by atoms with Gasteiger partial charge in [0.25, 0.3) is 0 Å². The van der Waals surface area contributed by atoms with Gasteiger partial charge in [-0.05, 0) is 5.41 Å². The van der Waals surface area contributed by atoms with Gasteiger partial charge in [-0.2, -0.15) is 12.6 Å². The molecule has 2 amide bonds. The number of thiol groups is 1.